The fraction of sp³-hybridized carbons (Fsp3) is 0.185. The first-order chi connectivity index (χ1) is 16.3. The van der Waals surface area contributed by atoms with Crippen LogP contribution in [0.4, 0.5) is 18.9 Å². The van der Waals surface area contributed by atoms with Gasteiger partial charge >= 0.3 is 6.18 Å². The molecule has 1 amide bonds. The lowest BCUT2D eigenvalue weighted by Gasteiger charge is -2.26. The summed E-state index contributed by atoms with van der Waals surface area (Å²) in [6.45, 7) is 0.311. The van der Waals surface area contributed by atoms with Crippen LogP contribution in [0.1, 0.15) is 35.4 Å². The maximum atomic E-state index is 13.1. The van der Waals surface area contributed by atoms with Crippen LogP contribution in [0.5, 0.6) is 0 Å². The molecule has 0 saturated carbocycles. The molecule has 0 fully saturated rings. The zero-order valence-electron chi connectivity index (χ0n) is 18.2. The molecule has 0 saturated heterocycles. The molecule has 0 aromatic heterocycles. The number of rotatable bonds is 5. The topological polar surface area (TPSA) is 61.7 Å². The minimum atomic E-state index is -4.53. The smallest absolute Gasteiger partial charge is 0.416 e. The third-order valence-corrected chi connectivity index (χ3v) is 5.70. The largest absolute Gasteiger partial charge is 0.511 e. The zero-order valence-corrected chi connectivity index (χ0v) is 18.2. The number of aliphatic imine (C=N–C) groups is 1. The number of hydrogen-bond donors (Lipinski definition) is 2. The van der Waals surface area contributed by atoms with E-state index < -0.39 is 17.6 Å². The van der Waals surface area contributed by atoms with Gasteiger partial charge in [0.1, 0.15) is 5.76 Å². The number of amides is 1. The fourth-order valence-corrected chi connectivity index (χ4v) is 4.01. The van der Waals surface area contributed by atoms with Crippen LogP contribution in [0.25, 0.3) is 0 Å². The highest BCUT2D eigenvalue weighted by Gasteiger charge is 2.33. The number of alkyl halides is 3. The Balaban J connectivity index is 1.65. The standard InChI is InChI=1S/C27H23F3N2O2/c28-27(29,30)21-12-7-13-22(16-21)32-26(34)25-23(31-17-18-8-3-1-4-9-18)14-20(15-24(25)33)19-10-5-2-6-11-19/h1-13,16,20,33H,14-15,17H2,(H,32,34)/t20-/m1/s1. The second-order valence-corrected chi connectivity index (χ2v) is 8.12. The zero-order chi connectivity index (χ0) is 24.1. The van der Waals surface area contributed by atoms with E-state index in [1.165, 1.54) is 12.1 Å². The average Bonchev–Trinajstić information content (AvgIpc) is 2.83. The van der Waals surface area contributed by atoms with Crippen molar-refractivity contribution in [3.63, 3.8) is 0 Å². The molecule has 3 aromatic carbocycles. The summed E-state index contributed by atoms with van der Waals surface area (Å²) in [5.41, 5.74) is 1.51. The number of aliphatic hydroxyl groups is 1. The molecule has 0 heterocycles. The highest BCUT2D eigenvalue weighted by Crippen LogP contribution is 2.35. The minimum Gasteiger partial charge on any atom is -0.511 e. The third-order valence-electron chi connectivity index (χ3n) is 5.70. The molecule has 1 atom stereocenters. The Morgan fingerprint density at radius 3 is 2.29 bits per heavy atom. The van der Waals surface area contributed by atoms with E-state index in [1.807, 2.05) is 60.7 Å². The normalized spacial score (nSPS) is 17.6. The summed E-state index contributed by atoms with van der Waals surface area (Å²) in [7, 11) is 0. The second-order valence-electron chi connectivity index (χ2n) is 8.12. The van der Waals surface area contributed by atoms with Crippen LogP contribution in [0.15, 0.2) is 101 Å². The number of nitrogens with one attached hydrogen (secondary N) is 1. The highest BCUT2D eigenvalue weighted by molar-refractivity contribution is 6.26. The summed E-state index contributed by atoms with van der Waals surface area (Å²) in [5.74, 6) is -0.882. The van der Waals surface area contributed by atoms with Gasteiger partial charge in [0.2, 0.25) is 0 Å². The van der Waals surface area contributed by atoms with Gasteiger partial charge in [-0.15, -0.1) is 0 Å². The monoisotopic (exact) mass is 464 g/mol. The molecule has 1 aliphatic carbocycles. The lowest BCUT2D eigenvalue weighted by Crippen LogP contribution is -2.28. The van der Waals surface area contributed by atoms with E-state index in [1.54, 1.807) is 0 Å². The fourth-order valence-electron chi connectivity index (χ4n) is 4.01. The molecular formula is C27H23F3N2O2. The van der Waals surface area contributed by atoms with Crippen molar-refractivity contribution in [2.45, 2.75) is 31.5 Å². The van der Waals surface area contributed by atoms with Gasteiger partial charge in [-0.1, -0.05) is 66.7 Å². The Morgan fingerprint density at radius 2 is 1.62 bits per heavy atom. The number of carbonyl (C=O) groups is 1. The van der Waals surface area contributed by atoms with Gasteiger partial charge < -0.3 is 10.4 Å². The van der Waals surface area contributed by atoms with Gasteiger partial charge in [-0.05, 0) is 41.7 Å². The number of allylic oxidation sites excluding steroid dienone is 1. The SMILES string of the molecule is O=C(Nc1cccc(C(F)(F)F)c1)C1=C(O)C[C@H](c2ccccc2)CC1=NCc1ccccc1. The number of nitrogens with zero attached hydrogens (tertiary/aromatic N) is 1. The molecule has 0 radical (unpaired) electrons. The molecule has 3 aromatic rings. The summed E-state index contributed by atoms with van der Waals surface area (Å²) in [6.07, 6.45) is -3.87. The summed E-state index contributed by atoms with van der Waals surface area (Å²) in [4.78, 5) is 17.8. The summed E-state index contributed by atoms with van der Waals surface area (Å²) in [6, 6.07) is 23.5. The molecule has 0 bridgehead atoms. The van der Waals surface area contributed by atoms with Crippen LogP contribution in [-0.2, 0) is 17.5 Å². The maximum Gasteiger partial charge on any atom is 0.416 e. The summed E-state index contributed by atoms with van der Waals surface area (Å²) < 4.78 is 39.2. The Kier molecular flexibility index (Phi) is 6.82. The Hall–Kier alpha value is -3.87. The maximum absolute atomic E-state index is 13.1. The predicted molar refractivity (Wildman–Crippen MR) is 126 cm³/mol. The second kappa shape index (κ2) is 9.95. The van der Waals surface area contributed by atoms with Crippen molar-refractivity contribution in [1.82, 2.24) is 0 Å². The van der Waals surface area contributed by atoms with Gasteiger partial charge in [-0.25, -0.2) is 0 Å². The van der Waals surface area contributed by atoms with Gasteiger partial charge in [0, 0.05) is 12.1 Å². The number of carbonyl (C=O) groups excluding carboxylic acids is 1. The van der Waals surface area contributed by atoms with Crippen LogP contribution in [0.2, 0.25) is 0 Å². The van der Waals surface area contributed by atoms with Crippen molar-refractivity contribution in [2.24, 2.45) is 4.99 Å². The summed E-state index contributed by atoms with van der Waals surface area (Å²) in [5, 5.41) is 13.4. The predicted octanol–water partition coefficient (Wildman–Crippen LogP) is 6.67. The molecule has 34 heavy (non-hydrogen) atoms. The Morgan fingerprint density at radius 1 is 0.941 bits per heavy atom. The molecule has 2 N–H and O–H groups in total. The number of benzene rings is 3. The van der Waals surface area contributed by atoms with Gasteiger partial charge in [-0.2, -0.15) is 13.2 Å². The molecule has 0 spiro atoms. The van der Waals surface area contributed by atoms with E-state index >= 15 is 0 Å². The molecular weight excluding hydrogens is 441 g/mol. The van der Waals surface area contributed by atoms with Crippen LogP contribution >= 0.6 is 0 Å². The van der Waals surface area contributed by atoms with Crippen molar-refractivity contribution in [3.05, 3.63) is 113 Å². The van der Waals surface area contributed by atoms with Crippen LogP contribution in [-0.4, -0.2) is 16.7 Å². The van der Waals surface area contributed by atoms with Crippen molar-refractivity contribution in [2.75, 3.05) is 5.32 Å². The molecule has 0 unspecified atom stereocenters. The van der Waals surface area contributed by atoms with Gasteiger partial charge in [0.05, 0.1) is 23.4 Å². The number of halogens is 3. The van der Waals surface area contributed by atoms with Crippen LogP contribution < -0.4 is 5.32 Å². The molecule has 4 nitrogen and oxygen atoms in total. The molecule has 1 aliphatic rings. The van der Waals surface area contributed by atoms with Gasteiger partial charge in [0.15, 0.2) is 0 Å². The third kappa shape index (κ3) is 5.54. The van der Waals surface area contributed by atoms with Gasteiger partial charge in [-0.3, -0.25) is 9.79 Å². The first kappa shape index (κ1) is 23.3. The van der Waals surface area contributed by atoms with E-state index in [0.29, 0.717) is 18.7 Å². The minimum absolute atomic E-state index is 0.00674. The highest BCUT2D eigenvalue weighted by atomic mass is 19.4. The van der Waals surface area contributed by atoms with E-state index in [2.05, 4.69) is 10.3 Å². The van der Waals surface area contributed by atoms with Crippen LogP contribution in [0, 0.1) is 0 Å². The van der Waals surface area contributed by atoms with Gasteiger partial charge in [0.25, 0.3) is 5.91 Å². The van der Waals surface area contributed by atoms with E-state index in [9.17, 15) is 23.1 Å². The number of hydrogen-bond acceptors (Lipinski definition) is 3. The Labute approximate surface area is 195 Å². The van der Waals surface area contributed by atoms with Crippen molar-refractivity contribution >= 4 is 17.3 Å². The summed E-state index contributed by atoms with van der Waals surface area (Å²) >= 11 is 0. The average molecular weight is 464 g/mol. The lowest BCUT2D eigenvalue weighted by atomic mass is 9.82. The van der Waals surface area contributed by atoms with E-state index in [-0.39, 0.29) is 29.4 Å². The molecule has 0 aliphatic heterocycles. The van der Waals surface area contributed by atoms with Crippen molar-refractivity contribution < 1.29 is 23.1 Å². The number of aliphatic hydroxyl groups excluding tert-OH is 1. The van der Waals surface area contributed by atoms with Crippen LogP contribution in [0.3, 0.4) is 0 Å². The molecule has 4 rings (SSSR count). The quantitative estimate of drug-likeness (QED) is 0.443. The van der Waals surface area contributed by atoms with Crippen molar-refractivity contribution in [1.29, 1.82) is 0 Å². The number of anilines is 1. The molecule has 7 heteroatoms. The lowest BCUT2D eigenvalue weighted by molar-refractivity contribution is -0.137. The Bertz CT molecular complexity index is 1220. The van der Waals surface area contributed by atoms with E-state index in [4.69, 9.17) is 0 Å². The molecule has 174 valence electrons. The first-order valence-corrected chi connectivity index (χ1v) is 10.8. The van der Waals surface area contributed by atoms with Crippen molar-refractivity contribution in [3.8, 4) is 0 Å². The van der Waals surface area contributed by atoms with E-state index in [0.717, 1.165) is 23.3 Å². The first-order valence-electron chi connectivity index (χ1n) is 10.8.